The number of carboxylic acid groups (broad SMARTS) is 1. The number of hydrogen-bond donors (Lipinski definition) is 5. The molecule has 2 aliphatic rings. The fraction of sp³-hybridized carbons (Fsp3) is 0.261. The van der Waals surface area contributed by atoms with Crippen LogP contribution in [0.4, 0.5) is 0 Å². The molecule has 6 rings (SSSR count). The van der Waals surface area contributed by atoms with E-state index in [0.29, 0.717) is 22.3 Å². The van der Waals surface area contributed by atoms with Crippen molar-refractivity contribution in [2.45, 2.75) is 30.3 Å². The Morgan fingerprint density at radius 3 is 2.78 bits per heavy atom. The number of phenolic OH excluding ortho intramolecular Hbond substituents is 1. The minimum absolute atomic E-state index is 0.0349. The molecule has 1 fully saturated rings. The van der Waals surface area contributed by atoms with Gasteiger partial charge in [-0.15, -0.1) is 0 Å². The molecule has 32 heavy (non-hydrogen) atoms. The number of fused-ring (bicyclic) bond motifs is 4. The Labute approximate surface area is 180 Å². The number of H-pyrrole nitrogens is 1. The molecular formula is C23H19N3O6. The van der Waals surface area contributed by atoms with E-state index in [4.69, 9.17) is 4.74 Å². The molecule has 9 heteroatoms. The first-order chi connectivity index (χ1) is 15.4. The quantitative estimate of drug-likeness (QED) is 0.322. The molecule has 1 aliphatic carbocycles. The van der Waals surface area contributed by atoms with Crippen molar-refractivity contribution in [3.05, 3.63) is 65.6 Å². The third-order valence-corrected chi connectivity index (χ3v) is 6.65. The van der Waals surface area contributed by atoms with Crippen LogP contribution in [-0.4, -0.2) is 53.2 Å². The van der Waals surface area contributed by atoms with Gasteiger partial charge in [0, 0.05) is 23.0 Å². The van der Waals surface area contributed by atoms with Gasteiger partial charge in [-0.05, 0) is 30.2 Å². The largest absolute Gasteiger partial charge is 0.506 e. The fourth-order valence-electron chi connectivity index (χ4n) is 5.23. The number of carboxylic acids is 1. The van der Waals surface area contributed by atoms with Crippen molar-refractivity contribution in [1.29, 1.82) is 0 Å². The van der Waals surface area contributed by atoms with Crippen LogP contribution in [0.2, 0.25) is 0 Å². The lowest BCUT2D eigenvalue weighted by atomic mass is 9.73. The number of aromatic amines is 1. The van der Waals surface area contributed by atoms with Crippen LogP contribution < -0.4 is 0 Å². The number of aromatic hydroxyl groups is 1. The van der Waals surface area contributed by atoms with Crippen LogP contribution in [0.5, 0.6) is 5.75 Å². The number of benzene rings is 2. The van der Waals surface area contributed by atoms with Crippen LogP contribution in [0.25, 0.3) is 21.9 Å². The zero-order valence-corrected chi connectivity index (χ0v) is 16.6. The van der Waals surface area contributed by atoms with Crippen molar-refractivity contribution < 1.29 is 30.0 Å². The summed E-state index contributed by atoms with van der Waals surface area (Å²) in [7, 11) is 0. The Morgan fingerprint density at radius 2 is 1.97 bits per heavy atom. The second-order valence-corrected chi connectivity index (χ2v) is 8.36. The van der Waals surface area contributed by atoms with Crippen LogP contribution in [0.15, 0.2) is 48.7 Å². The van der Waals surface area contributed by atoms with Gasteiger partial charge in [0.25, 0.3) is 5.79 Å². The van der Waals surface area contributed by atoms with E-state index in [1.165, 1.54) is 6.07 Å². The Bertz CT molecular complexity index is 1400. The summed E-state index contributed by atoms with van der Waals surface area (Å²) >= 11 is 0. The van der Waals surface area contributed by atoms with E-state index in [2.05, 4.69) is 15.0 Å². The molecule has 5 N–H and O–H groups in total. The number of aromatic nitrogens is 3. The summed E-state index contributed by atoms with van der Waals surface area (Å²) in [6, 6.07) is 12.2. The van der Waals surface area contributed by atoms with Gasteiger partial charge in [-0.3, -0.25) is 0 Å². The third-order valence-electron chi connectivity index (χ3n) is 6.65. The Morgan fingerprint density at radius 1 is 1.16 bits per heavy atom. The van der Waals surface area contributed by atoms with Crippen molar-refractivity contribution in [3.8, 4) is 5.75 Å². The van der Waals surface area contributed by atoms with Gasteiger partial charge >= 0.3 is 5.97 Å². The molecule has 2 aromatic heterocycles. The Hall–Kier alpha value is -3.53. The number of aliphatic carboxylic acids is 1. The number of phenols is 1. The summed E-state index contributed by atoms with van der Waals surface area (Å²) in [5.41, 5.74) is 2.79. The monoisotopic (exact) mass is 433 g/mol. The first-order valence-corrected chi connectivity index (χ1v) is 10.2. The molecule has 0 spiro atoms. The molecule has 9 nitrogen and oxygen atoms in total. The van der Waals surface area contributed by atoms with Crippen LogP contribution in [0.3, 0.4) is 0 Å². The summed E-state index contributed by atoms with van der Waals surface area (Å²) in [6.45, 7) is 0. The molecule has 1 aliphatic heterocycles. The lowest BCUT2D eigenvalue weighted by molar-refractivity contribution is -0.229. The number of para-hydroxylation sites is 2. The van der Waals surface area contributed by atoms with Gasteiger partial charge < -0.3 is 30.1 Å². The number of hydrogen-bond acceptors (Lipinski definition) is 7. The lowest BCUT2D eigenvalue weighted by Gasteiger charge is -2.31. The standard InChI is InChI=1S/C23H19N3O6/c27-16-7-3-6-14-18(16)26-15-8-11-17(12-9-24-13-5-2-1-4-10(12)13)23(31,22(29)30)32-21(11)20(28)19(15)25-14/h1-7,9,11,17,20-21,24,27-28,31H,8H2,(H,29,30)/t11-,17-,20+,21+,23+/m0/s1. The average Bonchev–Trinajstić information content (AvgIpc) is 3.32. The lowest BCUT2D eigenvalue weighted by Crippen LogP contribution is -2.43. The molecule has 3 heterocycles. The molecule has 5 atom stereocenters. The number of rotatable bonds is 2. The summed E-state index contributed by atoms with van der Waals surface area (Å²) in [5, 5.41) is 43.2. The molecule has 0 unspecified atom stereocenters. The van der Waals surface area contributed by atoms with Gasteiger partial charge in [0.1, 0.15) is 17.4 Å². The van der Waals surface area contributed by atoms with Crippen LogP contribution >= 0.6 is 0 Å². The minimum Gasteiger partial charge on any atom is -0.506 e. The van der Waals surface area contributed by atoms with Crippen molar-refractivity contribution in [2.75, 3.05) is 0 Å². The second kappa shape index (κ2) is 6.49. The summed E-state index contributed by atoms with van der Waals surface area (Å²) in [6.07, 6.45) is -0.390. The van der Waals surface area contributed by atoms with Crippen molar-refractivity contribution in [2.24, 2.45) is 5.92 Å². The van der Waals surface area contributed by atoms with Gasteiger partial charge in [0.05, 0.1) is 28.9 Å². The van der Waals surface area contributed by atoms with Crippen LogP contribution in [0.1, 0.15) is 29.0 Å². The Kier molecular flexibility index (Phi) is 3.89. The molecule has 0 bridgehead atoms. The highest BCUT2D eigenvalue weighted by molar-refractivity contribution is 5.86. The van der Waals surface area contributed by atoms with Gasteiger partial charge in [-0.25, -0.2) is 14.8 Å². The summed E-state index contributed by atoms with van der Waals surface area (Å²) < 4.78 is 5.68. The second-order valence-electron chi connectivity index (χ2n) is 8.36. The summed E-state index contributed by atoms with van der Waals surface area (Å²) in [5.74, 6) is -5.65. The van der Waals surface area contributed by atoms with E-state index in [-0.39, 0.29) is 17.9 Å². The number of nitrogens with zero attached hydrogens (tertiary/aromatic N) is 2. The van der Waals surface area contributed by atoms with E-state index < -0.39 is 35.8 Å². The molecule has 0 amide bonds. The first kappa shape index (κ1) is 19.2. The highest BCUT2D eigenvalue weighted by Crippen LogP contribution is 2.54. The van der Waals surface area contributed by atoms with Crippen molar-refractivity contribution >= 4 is 27.9 Å². The molecule has 0 saturated carbocycles. The van der Waals surface area contributed by atoms with Crippen molar-refractivity contribution in [3.63, 3.8) is 0 Å². The zero-order chi connectivity index (χ0) is 22.2. The molecule has 2 aromatic carbocycles. The maximum absolute atomic E-state index is 12.2. The van der Waals surface area contributed by atoms with Gasteiger partial charge in [-0.2, -0.15) is 0 Å². The van der Waals surface area contributed by atoms with Gasteiger partial charge in [0.2, 0.25) is 0 Å². The van der Waals surface area contributed by atoms with Gasteiger partial charge in [-0.1, -0.05) is 24.3 Å². The number of aliphatic hydroxyl groups excluding tert-OH is 1. The SMILES string of the molecule is O=C(O)[C@]1(O)O[C@@H]2[C@@H](Cc3nc4c(O)cccc4nc3[C@H]2O)[C@H]1c1c[nH]c2ccccc12. The van der Waals surface area contributed by atoms with Gasteiger partial charge in [0.15, 0.2) is 0 Å². The normalized spacial score (nSPS) is 29.2. The van der Waals surface area contributed by atoms with E-state index in [1.54, 1.807) is 18.3 Å². The number of carbonyl (C=O) groups is 1. The molecule has 162 valence electrons. The zero-order valence-electron chi connectivity index (χ0n) is 16.6. The maximum atomic E-state index is 12.2. The minimum atomic E-state index is -2.54. The third kappa shape index (κ3) is 2.46. The first-order valence-electron chi connectivity index (χ1n) is 10.2. The smallest absolute Gasteiger partial charge is 0.364 e. The topological polar surface area (TPSA) is 149 Å². The summed E-state index contributed by atoms with van der Waals surface area (Å²) in [4.78, 5) is 24.3. The predicted molar refractivity (Wildman–Crippen MR) is 112 cm³/mol. The van der Waals surface area contributed by atoms with E-state index >= 15 is 0 Å². The van der Waals surface area contributed by atoms with E-state index in [1.807, 2.05) is 24.3 Å². The Balaban J connectivity index is 1.54. The number of ether oxygens (including phenoxy) is 1. The highest BCUT2D eigenvalue weighted by Gasteiger charge is 2.63. The fourth-order valence-corrected chi connectivity index (χ4v) is 5.23. The van der Waals surface area contributed by atoms with E-state index in [9.17, 15) is 25.2 Å². The number of nitrogens with one attached hydrogen (secondary N) is 1. The highest BCUT2D eigenvalue weighted by atomic mass is 16.7. The predicted octanol–water partition coefficient (Wildman–Crippen LogP) is 1.98. The molecule has 1 saturated heterocycles. The van der Waals surface area contributed by atoms with Crippen LogP contribution in [-0.2, 0) is 16.0 Å². The molecular weight excluding hydrogens is 414 g/mol. The molecule has 4 aromatic rings. The number of aliphatic hydroxyl groups is 2. The molecule has 0 radical (unpaired) electrons. The van der Waals surface area contributed by atoms with Crippen LogP contribution in [0, 0.1) is 5.92 Å². The van der Waals surface area contributed by atoms with E-state index in [0.717, 1.165) is 10.9 Å². The van der Waals surface area contributed by atoms with Crippen molar-refractivity contribution in [1.82, 2.24) is 15.0 Å². The average molecular weight is 433 g/mol. The maximum Gasteiger partial charge on any atom is 0.364 e.